The Kier molecular flexibility index (Phi) is 35.9. The molecule has 3 unspecified atom stereocenters. The molecule has 18 atom stereocenters. The van der Waals surface area contributed by atoms with Gasteiger partial charge in [0.05, 0.1) is 89.0 Å². The fourth-order valence-corrected chi connectivity index (χ4v) is 15.3. The van der Waals surface area contributed by atoms with Crippen LogP contribution < -0.4 is 53.2 Å². The van der Waals surface area contributed by atoms with Crippen molar-refractivity contribution >= 4 is 70.9 Å². The predicted octanol–water partition coefficient (Wildman–Crippen LogP) is 5.01. The number of para-hydroxylation sites is 3. The van der Waals surface area contributed by atoms with Crippen LogP contribution in [0.25, 0.3) is 0 Å². The molecule has 33 nitrogen and oxygen atoms in total. The Morgan fingerprint density at radius 2 is 0.640 bits per heavy atom. The first kappa shape index (κ1) is 106. The number of hydrogen-bond donors (Lipinski definition) is 16. The fourth-order valence-electron chi connectivity index (χ4n) is 15.3. The van der Waals surface area contributed by atoms with Crippen LogP contribution in [-0.2, 0) is 86.4 Å². The molecule has 3 saturated heterocycles. The quantitative estimate of drug-likeness (QED) is 0.0305. The van der Waals surface area contributed by atoms with Crippen LogP contribution in [-0.4, -0.2) is 219 Å². The van der Waals surface area contributed by atoms with Crippen LogP contribution in [0.2, 0.25) is 0 Å². The van der Waals surface area contributed by atoms with Crippen molar-refractivity contribution in [2.45, 2.75) is 171 Å². The number of carbonyl (C=O) groups is 12. The molecule has 6 heterocycles. The summed E-state index contributed by atoms with van der Waals surface area (Å²) in [5.74, 6) is -40.5. The first-order chi connectivity index (χ1) is 65.8. The lowest BCUT2D eigenvalue weighted by atomic mass is 9.90. The van der Waals surface area contributed by atoms with Crippen LogP contribution >= 0.6 is 0 Å². The van der Waals surface area contributed by atoms with E-state index in [4.69, 9.17) is 4.74 Å². The molecule has 16 N–H and O–H groups in total. The Bertz CT molecular complexity index is 5820. The summed E-state index contributed by atoms with van der Waals surface area (Å²) in [7, 11) is 1.32. The van der Waals surface area contributed by atoms with Gasteiger partial charge in [-0.3, -0.25) is 57.5 Å². The number of aliphatic hydroxyl groups is 3. The van der Waals surface area contributed by atoms with Gasteiger partial charge in [0, 0.05) is 62.3 Å². The molecule has 0 aliphatic carbocycles. The van der Waals surface area contributed by atoms with E-state index < -0.39 is 303 Å². The van der Waals surface area contributed by atoms with Gasteiger partial charge in [-0.1, -0.05) is 141 Å². The maximum absolute atomic E-state index is 14.7. The molecule has 3 aliphatic rings. The number of rotatable bonds is 18. The van der Waals surface area contributed by atoms with Gasteiger partial charge < -0.3 is 93.4 Å². The third kappa shape index (κ3) is 26.2. The largest absolute Gasteiger partial charge is 0.507 e. The summed E-state index contributed by atoms with van der Waals surface area (Å²) in [5.41, 5.74) is -2.18. The molecule has 738 valence electrons. The highest BCUT2D eigenvalue weighted by Gasteiger charge is 2.46. The summed E-state index contributed by atoms with van der Waals surface area (Å²) >= 11 is 0. The predicted molar refractivity (Wildman–Crippen MR) is 464 cm³/mol. The molecule has 45 heteroatoms. The number of likely N-dealkylation sites (N-methyl/N-ethyl adjacent to an activating group) is 1. The molecule has 12 rings (SSSR count). The molecule has 0 saturated carbocycles. The lowest BCUT2D eigenvalue weighted by molar-refractivity contribution is -0.164. The summed E-state index contributed by atoms with van der Waals surface area (Å²) < 4.78 is 176. The smallest absolute Gasteiger partial charge is 0.312 e. The van der Waals surface area contributed by atoms with Crippen LogP contribution in [0.5, 0.6) is 17.2 Å². The average Bonchev–Trinajstić information content (AvgIpc) is 0.797. The van der Waals surface area contributed by atoms with Gasteiger partial charge in [0.25, 0.3) is 41.5 Å². The molecular weight excluding hydrogens is 1860 g/mol. The van der Waals surface area contributed by atoms with E-state index >= 15 is 0 Å². The monoisotopic (exact) mass is 1950 g/mol. The van der Waals surface area contributed by atoms with Crippen molar-refractivity contribution in [2.24, 2.45) is 17.8 Å². The van der Waals surface area contributed by atoms with Gasteiger partial charge >= 0.3 is 5.97 Å². The number of aromatic nitrogens is 3. The number of aromatic hydroxyl groups is 3. The number of hydrogen-bond acceptors (Lipinski definition) is 22. The molecule has 0 spiro atoms. The van der Waals surface area contributed by atoms with E-state index in [1.807, 2.05) is 0 Å². The van der Waals surface area contributed by atoms with E-state index in [0.717, 1.165) is 11.8 Å². The van der Waals surface area contributed by atoms with E-state index in [1.54, 1.807) is 91.0 Å². The molecule has 6 aromatic carbocycles. The Labute approximate surface area is 783 Å². The summed E-state index contributed by atoms with van der Waals surface area (Å²) in [4.78, 5) is 170. The molecule has 3 fully saturated rings. The number of amides is 11. The number of esters is 1. The van der Waals surface area contributed by atoms with E-state index in [0.29, 0.717) is 16.7 Å². The van der Waals surface area contributed by atoms with Crippen molar-refractivity contribution in [2.75, 3.05) is 7.05 Å². The van der Waals surface area contributed by atoms with E-state index in [2.05, 4.69) is 68.1 Å². The van der Waals surface area contributed by atoms with Crippen molar-refractivity contribution < 1.29 is 146 Å². The number of phenolic OH excluding ortho intramolecular Hbond substituents is 3. The Morgan fingerprint density at radius 1 is 0.338 bits per heavy atom. The first-order valence-electron chi connectivity index (χ1n) is 42.9. The van der Waals surface area contributed by atoms with Crippen molar-refractivity contribution in [3.8, 4) is 17.2 Å². The topological polar surface area (TPSA) is 498 Å². The number of aliphatic hydroxyl groups excluding tert-OH is 3. The molecule has 9 aromatic rings. The van der Waals surface area contributed by atoms with E-state index in [-0.39, 0.29) is 36.0 Å². The molecule has 0 bridgehead atoms. The normalized spacial score (nSPS) is 24.1. The third-order valence-corrected chi connectivity index (χ3v) is 23.3. The highest BCUT2D eigenvalue weighted by molar-refractivity contribution is 6.03. The van der Waals surface area contributed by atoms with Crippen LogP contribution in [0.1, 0.15) is 106 Å². The minimum Gasteiger partial charge on any atom is -0.507 e. The van der Waals surface area contributed by atoms with Gasteiger partial charge in [-0.25, -0.2) is 13.2 Å². The number of nitrogens with one attached hydrogen (secondary N) is 10. The number of carbonyl (C=O) groups excluding carboxylic acids is 12. The van der Waals surface area contributed by atoms with Crippen molar-refractivity contribution in [3.05, 3.63) is 284 Å². The maximum Gasteiger partial charge on any atom is 0.312 e. The standard InChI is InChI=1S/C32H33F4N5O6.C31H31F4N5O6.C31H30F4N4O7/c1-15-26(43)20(14-19-23(33)24(34)28(36)40-27(19)35)38-31(46)25(39-29(44)18-11-7-8-12-22(18)42)16(2)37-30(45)21(41(3)32(15)47)13-17-9-5-4-6-10-17;1-14-25(42)19(13-18-22(32)23(33)27(35)40-26(18)34)37-31(46)24(39-29(44)17-10-6-7-11-21(17)41)15(2)36-30(45)20(38-28(14)43)12-16-8-4-3-5-9-16;1-14-25(41)19(13-18-22(32)23(33)27(35)39-26(18)34)37-30(44)24(38-28(42)17-10-6-7-11-20(17)40)15(2)36-29(43)21(46-31(14)45)12-16-8-4-3-5-9-16/h4-12,15-16,20-21,25-26,42-43H,13-14H2,1-3H3,(H,37,45)(H,38,46)(H,39,44);3-11,14-15,19-20,24-25,41-42H,12-13H2,1-2H3,(H,36,45)(H,37,46)(H,38,43)(H,39,44);3-11,14-15,19,21,24-25,40-41H,12-13H2,1-2H3,(H,36,43)(H,37,44)(H,38,42)/t15-,16-,20+,21?,25+,26+;14-,15-,19+,20?,24+,25+;14-,15-,19+,21?,24+,25+/m111/s1. The summed E-state index contributed by atoms with van der Waals surface area (Å²) in [5, 5.41) is 88.8. The first-order valence-corrected chi connectivity index (χ1v) is 42.9. The number of benzene rings is 6. The second kappa shape index (κ2) is 47.1. The van der Waals surface area contributed by atoms with Crippen molar-refractivity contribution in [1.29, 1.82) is 0 Å². The van der Waals surface area contributed by atoms with Gasteiger partial charge in [-0.05, 0) is 80.8 Å². The summed E-state index contributed by atoms with van der Waals surface area (Å²) in [6, 6.07) is 25.5. The lowest BCUT2D eigenvalue weighted by Gasteiger charge is -2.37. The third-order valence-electron chi connectivity index (χ3n) is 23.3. The number of nitrogens with zero attached hydrogens (tertiary/aromatic N) is 4. The van der Waals surface area contributed by atoms with E-state index in [1.165, 1.54) is 114 Å². The van der Waals surface area contributed by atoms with Gasteiger partial charge in [-0.15, -0.1) is 0 Å². The molecule has 3 aliphatic heterocycles. The molecule has 0 radical (unpaired) electrons. The fraction of sp³-hybridized carbons (Fsp3) is 0.330. The highest BCUT2D eigenvalue weighted by atomic mass is 19.2. The Balaban J connectivity index is 0.000000215. The molecule has 3 aromatic heterocycles. The van der Waals surface area contributed by atoms with Gasteiger partial charge in [0.2, 0.25) is 76.6 Å². The van der Waals surface area contributed by atoms with Crippen LogP contribution in [0.3, 0.4) is 0 Å². The minimum atomic E-state index is -2.11. The zero-order valence-electron chi connectivity index (χ0n) is 74.5. The van der Waals surface area contributed by atoms with Crippen LogP contribution in [0.4, 0.5) is 52.7 Å². The van der Waals surface area contributed by atoms with Gasteiger partial charge in [0.15, 0.2) is 23.6 Å². The average molecular weight is 1950 g/mol. The maximum atomic E-state index is 14.7. The highest BCUT2D eigenvalue weighted by Crippen LogP contribution is 2.30. The van der Waals surface area contributed by atoms with Gasteiger partial charge in [-0.2, -0.15) is 54.5 Å². The second-order valence-electron chi connectivity index (χ2n) is 33.0. The van der Waals surface area contributed by atoms with Crippen molar-refractivity contribution in [1.82, 2.24) is 73.0 Å². The van der Waals surface area contributed by atoms with Crippen LogP contribution in [0, 0.1) is 88.3 Å². The molecular formula is C94H94F12N14O19. The summed E-state index contributed by atoms with van der Waals surface area (Å²) in [6.07, 6.45) is -10.5. The number of pyridine rings is 3. The van der Waals surface area contributed by atoms with Crippen molar-refractivity contribution in [3.63, 3.8) is 0 Å². The minimum absolute atomic E-state index is 0.00589. The Hall–Kier alpha value is -15.2. The molecule has 11 amide bonds. The van der Waals surface area contributed by atoms with Gasteiger partial charge in [0.1, 0.15) is 47.5 Å². The second-order valence-corrected chi connectivity index (χ2v) is 33.0. The number of ether oxygens (including phenoxy) is 1. The zero-order valence-corrected chi connectivity index (χ0v) is 74.5. The number of cyclic esters (lactones) is 1. The zero-order chi connectivity index (χ0) is 102. The molecule has 139 heavy (non-hydrogen) atoms. The Morgan fingerprint density at radius 3 is 0.993 bits per heavy atom. The summed E-state index contributed by atoms with van der Waals surface area (Å²) in [6.45, 7) is 7.68. The van der Waals surface area contributed by atoms with E-state index in [9.17, 15) is 141 Å². The number of halogens is 12. The van der Waals surface area contributed by atoms with Crippen LogP contribution in [0.15, 0.2) is 164 Å². The SMILES string of the molecule is C[C@H]1NC(=O)C(Cc2ccccc2)N(C)C(=O)[C@H](C)[C@H](O)[C@H](Cc2c(F)nc(F)c(F)c2F)NC(=O)[C@H]1NC(=O)c1ccccc1O.C[C@H]1NC(=O)C(Cc2ccccc2)NC(=O)[C@H](C)[C@H](O)[C@H](Cc2c(F)nc(F)c(F)c2F)NC(=O)[C@H]1NC(=O)c1ccccc1O.C[C@H]1NC(=O)C(Cc2ccccc2)OC(=O)[C@H](C)[C@H](O)[C@H](Cc2c(F)nc(F)c(F)c2F)NC(=O)[C@H]1NC(=O)c1ccccc1O. The number of phenols is 3. The lowest BCUT2D eigenvalue weighted by Crippen LogP contribution is -2.64.